The van der Waals surface area contributed by atoms with Gasteiger partial charge in [-0.15, -0.1) is 24.0 Å². The van der Waals surface area contributed by atoms with Crippen molar-refractivity contribution >= 4 is 40.0 Å². The van der Waals surface area contributed by atoms with E-state index in [1.807, 2.05) is 13.8 Å². The van der Waals surface area contributed by atoms with Crippen molar-refractivity contribution in [3.8, 4) is 0 Å². The number of rotatable bonds is 12. The number of guanidine groups is 1. The summed E-state index contributed by atoms with van der Waals surface area (Å²) in [7, 11) is -3.52. The van der Waals surface area contributed by atoms with Crippen LogP contribution < -0.4 is 15.4 Å². The summed E-state index contributed by atoms with van der Waals surface area (Å²) < 4.78 is 27.2. The standard InChI is InChI=1S/C20H36N4O3S.HI/c1-5-20(6-2,12-15-25)16-23-19(21-7-3)22-13-14-24-28(26,27)18-10-8-17(4)9-11-18;/h8-11,24-25H,5-7,12-16H2,1-4H3,(H2,21,22,23);1H. The molecule has 1 rings (SSSR count). The van der Waals surface area contributed by atoms with Gasteiger partial charge in [0.25, 0.3) is 0 Å². The van der Waals surface area contributed by atoms with E-state index in [9.17, 15) is 13.5 Å². The second kappa shape index (κ2) is 14.2. The van der Waals surface area contributed by atoms with E-state index >= 15 is 0 Å². The number of hydrogen-bond donors (Lipinski definition) is 4. The zero-order valence-electron chi connectivity index (χ0n) is 18.0. The molecule has 9 heteroatoms. The highest BCUT2D eigenvalue weighted by Crippen LogP contribution is 2.30. The van der Waals surface area contributed by atoms with Crippen LogP contribution in [-0.2, 0) is 10.0 Å². The molecule has 0 aliphatic rings. The van der Waals surface area contributed by atoms with Gasteiger partial charge in [-0.1, -0.05) is 31.5 Å². The molecule has 0 amide bonds. The Morgan fingerprint density at radius 1 is 1.07 bits per heavy atom. The molecule has 0 bridgehead atoms. The van der Waals surface area contributed by atoms with Crippen LogP contribution in [0.15, 0.2) is 34.2 Å². The average Bonchev–Trinajstić information content (AvgIpc) is 2.68. The third-order valence-corrected chi connectivity index (χ3v) is 6.58. The fourth-order valence-corrected chi connectivity index (χ4v) is 3.93. The van der Waals surface area contributed by atoms with Gasteiger partial charge < -0.3 is 15.7 Å². The summed E-state index contributed by atoms with van der Waals surface area (Å²) in [5.74, 6) is 0.654. The summed E-state index contributed by atoms with van der Waals surface area (Å²) in [5.41, 5.74) is 1.01. The van der Waals surface area contributed by atoms with E-state index < -0.39 is 10.0 Å². The van der Waals surface area contributed by atoms with Gasteiger partial charge in [0, 0.05) is 32.8 Å². The van der Waals surface area contributed by atoms with E-state index in [0.717, 1.165) is 24.8 Å². The van der Waals surface area contributed by atoms with Gasteiger partial charge in [-0.3, -0.25) is 4.99 Å². The highest BCUT2D eigenvalue weighted by molar-refractivity contribution is 14.0. The Morgan fingerprint density at radius 3 is 2.21 bits per heavy atom. The lowest BCUT2D eigenvalue weighted by molar-refractivity contribution is 0.175. The zero-order chi connectivity index (χ0) is 21.0. The number of aryl methyl sites for hydroxylation is 1. The Balaban J connectivity index is 0.00000784. The van der Waals surface area contributed by atoms with Crippen molar-refractivity contribution in [1.82, 2.24) is 15.4 Å². The first-order chi connectivity index (χ1) is 13.3. The van der Waals surface area contributed by atoms with Crippen molar-refractivity contribution < 1.29 is 13.5 Å². The summed E-state index contributed by atoms with van der Waals surface area (Å²) in [6, 6.07) is 6.77. The molecule has 0 aliphatic carbocycles. The molecule has 0 saturated carbocycles. The lowest BCUT2D eigenvalue weighted by atomic mass is 9.79. The average molecular weight is 541 g/mol. The molecule has 0 unspecified atom stereocenters. The molecule has 1 aromatic rings. The lowest BCUT2D eigenvalue weighted by Gasteiger charge is -2.29. The maximum atomic E-state index is 12.3. The fourth-order valence-electron chi connectivity index (χ4n) is 2.90. The largest absolute Gasteiger partial charge is 0.396 e. The number of aliphatic imine (C=N–C) groups is 1. The van der Waals surface area contributed by atoms with Crippen molar-refractivity contribution in [3.05, 3.63) is 29.8 Å². The van der Waals surface area contributed by atoms with Crippen LogP contribution in [0.3, 0.4) is 0 Å². The van der Waals surface area contributed by atoms with E-state index in [-0.39, 0.29) is 47.4 Å². The van der Waals surface area contributed by atoms with Crippen LogP contribution in [0.1, 0.15) is 45.6 Å². The number of nitrogens with one attached hydrogen (secondary N) is 3. The summed E-state index contributed by atoms with van der Waals surface area (Å²) in [4.78, 5) is 4.92. The number of benzene rings is 1. The third kappa shape index (κ3) is 9.63. The molecule has 168 valence electrons. The first-order valence-electron chi connectivity index (χ1n) is 10.0. The second-order valence-electron chi connectivity index (χ2n) is 7.01. The Morgan fingerprint density at radius 2 is 1.69 bits per heavy atom. The molecule has 0 spiro atoms. The number of aliphatic hydroxyl groups is 1. The van der Waals surface area contributed by atoms with E-state index in [1.165, 1.54) is 0 Å². The monoisotopic (exact) mass is 540 g/mol. The molecular formula is C20H37IN4O3S. The minimum absolute atomic E-state index is 0. The number of aliphatic hydroxyl groups excluding tert-OH is 1. The maximum Gasteiger partial charge on any atom is 0.240 e. The van der Waals surface area contributed by atoms with Crippen molar-refractivity contribution in [2.24, 2.45) is 10.4 Å². The van der Waals surface area contributed by atoms with E-state index in [4.69, 9.17) is 0 Å². The van der Waals surface area contributed by atoms with Gasteiger partial charge in [-0.05, 0) is 50.7 Å². The molecule has 29 heavy (non-hydrogen) atoms. The Bertz CT molecular complexity index is 705. The van der Waals surface area contributed by atoms with Gasteiger partial charge in [-0.2, -0.15) is 0 Å². The highest BCUT2D eigenvalue weighted by atomic mass is 127. The van der Waals surface area contributed by atoms with Crippen LogP contribution in [0, 0.1) is 12.3 Å². The van der Waals surface area contributed by atoms with Gasteiger partial charge in [0.2, 0.25) is 10.0 Å². The van der Waals surface area contributed by atoms with Gasteiger partial charge in [0.1, 0.15) is 0 Å². The summed E-state index contributed by atoms with van der Waals surface area (Å²) in [6.07, 6.45) is 2.62. The quantitative estimate of drug-likeness (QED) is 0.141. The van der Waals surface area contributed by atoms with E-state index in [0.29, 0.717) is 25.6 Å². The van der Waals surface area contributed by atoms with Crippen LogP contribution in [0.5, 0.6) is 0 Å². The van der Waals surface area contributed by atoms with Crippen LogP contribution in [-0.4, -0.2) is 52.3 Å². The molecule has 1 aromatic carbocycles. The van der Waals surface area contributed by atoms with E-state index in [1.54, 1.807) is 24.3 Å². The highest BCUT2D eigenvalue weighted by Gasteiger charge is 2.25. The number of sulfonamides is 1. The Labute approximate surface area is 193 Å². The van der Waals surface area contributed by atoms with Gasteiger partial charge in [0.05, 0.1) is 4.90 Å². The molecule has 0 aromatic heterocycles. The first kappa shape index (κ1) is 28.1. The lowest BCUT2D eigenvalue weighted by Crippen LogP contribution is -2.42. The van der Waals surface area contributed by atoms with Crippen LogP contribution in [0.4, 0.5) is 0 Å². The third-order valence-electron chi connectivity index (χ3n) is 5.10. The fraction of sp³-hybridized carbons (Fsp3) is 0.650. The topological polar surface area (TPSA) is 103 Å². The Kier molecular flexibility index (Phi) is 13.7. The van der Waals surface area contributed by atoms with Crippen LogP contribution in [0.25, 0.3) is 0 Å². The van der Waals surface area contributed by atoms with Gasteiger partial charge >= 0.3 is 0 Å². The molecule has 0 radical (unpaired) electrons. The number of nitrogens with zero attached hydrogens (tertiary/aromatic N) is 1. The summed E-state index contributed by atoms with van der Waals surface area (Å²) >= 11 is 0. The van der Waals surface area contributed by atoms with E-state index in [2.05, 4.69) is 34.2 Å². The number of halogens is 1. The molecule has 7 nitrogen and oxygen atoms in total. The van der Waals surface area contributed by atoms with Gasteiger partial charge in [-0.25, -0.2) is 13.1 Å². The summed E-state index contributed by atoms with van der Waals surface area (Å²) in [5, 5.41) is 15.7. The predicted molar refractivity (Wildman–Crippen MR) is 130 cm³/mol. The maximum absolute atomic E-state index is 12.3. The van der Waals surface area contributed by atoms with Crippen molar-refractivity contribution in [2.45, 2.75) is 51.9 Å². The zero-order valence-corrected chi connectivity index (χ0v) is 21.1. The van der Waals surface area contributed by atoms with Crippen molar-refractivity contribution in [3.63, 3.8) is 0 Å². The van der Waals surface area contributed by atoms with Crippen molar-refractivity contribution in [2.75, 3.05) is 32.8 Å². The normalized spacial score (nSPS) is 12.4. The van der Waals surface area contributed by atoms with Gasteiger partial charge in [0.15, 0.2) is 5.96 Å². The van der Waals surface area contributed by atoms with Crippen molar-refractivity contribution in [1.29, 1.82) is 0 Å². The molecular weight excluding hydrogens is 503 g/mol. The van der Waals surface area contributed by atoms with Crippen LogP contribution >= 0.6 is 24.0 Å². The predicted octanol–water partition coefficient (Wildman–Crippen LogP) is 2.64. The minimum atomic E-state index is -3.52. The molecule has 0 heterocycles. The second-order valence-corrected chi connectivity index (χ2v) is 8.78. The molecule has 4 N–H and O–H groups in total. The molecule has 0 saturated heterocycles. The smallest absolute Gasteiger partial charge is 0.240 e. The Hall–Kier alpha value is -0.910. The summed E-state index contributed by atoms with van der Waals surface area (Å²) in [6.45, 7) is 10.3. The molecule has 0 aliphatic heterocycles. The molecule has 0 fully saturated rings. The van der Waals surface area contributed by atoms with Crippen LogP contribution in [0.2, 0.25) is 0 Å². The SMILES string of the molecule is CCNC(=NCC(CC)(CC)CCO)NCCNS(=O)(=O)c1ccc(C)cc1.I. The molecule has 0 atom stereocenters. The first-order valence-corrected chi connectivity index (χ1v) is 11.5. The number of hydrogen-bond acceptors (Lipinski definition) is 4. The minimum Gasteiger partial charge on any atom is -0.396 e.